The topological polar surface area (TPSA) is 83.2 Å². The molecule has 0 aromatic carbocycles. The van der Waals surface area contributed by atoms with Crippen molar-refractivity contribution < 1.29 is 19.8 Å². The average molecular weight is 170 g/mol. The van der Waals surface area contributed by atoms with Gasteiger partial charge in [-0.25, -0.2) is 0 Å². The van der Waals surface area contributed by atoms with Gasteiger partial charge in [0.25, 0.3) is 5.91 Å². The lowest BCUT2D eigenvalue weighted by Gasteiger charge is -2.03. The van der Waals surface area contributed by atoms with E-state index in [0.717, 1.165) is 5.71 Å². The second kappa shape index (κ2) is 3.34. The van der Waals surface area contributed by atoms with Crippen LogP contribution in [0.2, 0.25) is 0 Å². The van der Waals surface area contributed by atoms with Gasteiger partial charge in [-0.1, -0.05) is 0 Å². The van der Waals surface area contributed by atoms with Crippen molar-refractivity contribution in [2.75, 3.05) is 0 Å². The highest BCUT2D eigenvalue weighted by molar-refractivity contribution is 6.02. The molecule has 0 aromatic heterocycles. The van der Waals surface area contributed by atoms with Crippen LogP contribution in [-0.4, -0.2) is 17.6 Å². The summed E-state index contributed by atoms with van der Waals surface area (Å²) in [6.45, 7) is 1.75. The molecule has 0 aromatic rings. The predicted octanol–water partition coefficient (Wildman–Crippen LogP) is -3.28. The SMILES string of the molecule is CC1=[NH+]NC(=O)C1CCC(=O)[O-]. The number of aliphatic carboxylic acids is 1. The highest BCUT2D eigenvalue weighted by Crippen LogP contribution is 2.07. The number of hydrazine groups is 1. The summed E-state index contributed by atoms with van der Waals surface area (Å²) in [5.41, 5.74) is 3.17. The van der Waals surface area contributed by atoms with Crippen LogP contribution in [0.1, 0.15) is 19.8 Å². The predicted molar refractivity (Wildman–Crippen MR) is 37.5 cm³/mol. The zero-order chi connectivity index (χ0) is 9.14. The molecule has 0 bridgehead atoms. The van der Waals surface area contributed by atoms with Gasteiger partial charge in [-0.2, -0.15) is 0 Å². The average Bonchev–Trinajstić information content (AvgIpc) is 2.28. The van der Waals surface area contributed by atoms with Crippen LogP contribution < -0.4 is 15.6 Å². The minimum atomic E-state index is -1.12. The van der Waals surface area contributed by atoms with Gasteiger partial charge in [0.05, 0.1) is 0 Å². The van der Waals surface area contributed by atoms with E-state index >= 15 is 0 Å². The molecular weight excluding hydrogens is 160 g/mol. The van der Waals surface area contributed by atoms with Gasteiger partial charge in [0.2, 0.25) is 0 Å². The van der Waals surface area contributed by atoms with Gasteiger partial charge in [-0.05, 0) is 12.8 Å². The molecule has 5 heteroatoms. The van der Waals surface area contributed by atoms with Crippen molar-refractivity contribution >= 4 is 17.6 Å². The maximum atomic E-state index is 11.0. The van der Waals surface area contributed by atoms with Crippen molar-refractivity contribution in [3.63, 3.8) is 0 Å². The Kier molecular flexibility index (Phi) is 2.42. The third kappa shape index (κ3) is 1.81. The first kappa shape index (κ1) is 8.70. The van der Waals surface area contributed by atoms with Crippen LogP contribution in [0.3, 0.4) is 0 Å². The van der Waals surface area contributed by atoms with E-state index in [2.05, 4.69) is 10.5 Å². The Bertz CT molecular complexity index is 247. The third-order valence-corrected chi connectivity index (χ3v) is 1.86. The lowest BCUT2D eigenvalue weighted by Crippen LogP contribution is -2.79. The number of hydrazone groups is 1. The van der Waals surface area contributed by atoms with Crippen LogP contribution in [0.5, 0.6) is 0 Å². The molecule has 0 radical (unpaired) electrons. The summed E-state index contributed by atoms with van der Waals surface area (Å²) >= 11 is 0. The molecule has 1 heterocycles. The van der Waals surface area contributed by atoms with Crippen molar-refractivity contribution in [3.05, 3.63) is 0 Å². The maximum Gasteiger partial charge on any atom is 0.287 e. The summed E-state index contributed by atoms with van der Waals surface area (Å²) in [5.74, 6) is -1.63. The van der Waals surface area contributed by atoms with Gasteiger partial charge in [0.1, 0.15) is 5.92 Å². The second-order valence-electron chi connectivity index (χ2n) is 2.76. The van der Waals surface area contributed by atoms with E-state index in [-0.39, 0.29) is 18.2 Å². The molecule has 1 unspecified atom stereocenters. The largest absolute Gasteiger partial charge is 0.550 e. The zero-order valence-electron chi connectivity index (χ0n) is 6.72. The van der Waals surface area contributed by atoms with E-state index in [4.69, 9.17) is 0 Å². The minimum Gasteiger partial charge on any atom is -0.550 e. The Morgan fingerprint density at radius 2 is 2.42 bits per heavy atom. The van der Waals surface area contributed by atoms with Crippen LogP contribution >= 0.6 is 0 Å². The maximum absolute atomic E-state index is 11.0. The molecule has 0 aliphatic carbocycles. The zero-order valence-corrected chi connectivity index (χ0v) is 6.72. The monoisotopic (exact) mass is 170 g/mol. The van der Waals surface area contributed by atoms with Gasteiger partial charge in [0.15, 0.2) is 5.71 Å². The summed E-state index contributed by atoms with van der Waals surface area (Å²) in [6, 6.07) is 0. The normalized spacial score (nSPS) is 21.9. The number of carbonyl (C=O) groups is 2. The van der Waals surface area contributed by atoms with E-state index in [1.165, 1.54) is 0 Å². The Morgan fingerprint density at radius 1 is 1.75 bits per heavy atom. The lowest BCUT2D eigenvalue weighted by molar-refractivity contribution is -0.504. The molecule has 0 fully saturated rings. The van der Waals surface area contributed by atoms with Crippen molar-refractivity contribution in [2.24, 2.45) is 5.92 Å². The van der Waals surface area contributed by atoms with Gasteiger partial charge in [-0.3, -0.25) is 4.79 Å². The smallest absolute Gasteiger partial charge is 0.287 e. The van der Waals surface area contributed by atoms with E-state index in [1.54, 1.807) is 6.92 Å². The molecule has 1 atom stereocenters. The molecule has 5 nitrogen and oxygen atoms in total. The molecule has 0 saturated heterocycles. The first-order valence-electron chi connectivity index (χ1n) is 3.70. The Balaban J connectivity index is 2.46. The number of carboxylic acids is 1. The number of amides is 1. The fourth-order valence-corrected chi connectivity index (χ4v) is 1.14. The van der Waals surface area contributed by atoms with Crippen LogP contribution in [-0.2, 0) is 9.59 Å². The fourth-order valence-electron chi connectivity index (χ4n) is 1.14. The van der Waals surface area contributed by atoms with E-state index in [9.17, 15) is 14.7 Å². The molecule has 12 heavy (non-hydrogen) atoms. The van der Waals surface area contributed by atoms with Crippen LogP contribution in [0.15, 0.2) is 0 Å². The van der Waals surface area contributed by atoms with Gasteiger partial charge >= 0.3 is 0 Å². The molecule has 1 aliphatic rings. The molecule has 66 valence electrons. The summed E-state index contributed by atoms with van der Waals surface area (Å²) in [6.07, 6.45) is 0.212. The minimum absolute atomic E-state index is 0.0862. The fraction of sp³-hybridized carbons (Fsp3) is 0.571. The lowest BCUT2D eigenvalue weighted by atomic mass is 9.99. The number of hydrogen-bond acceptors (Lipinski definition) is 3. The molecule has 0 saturated carbocycles. The molecule has 1 amide bonds. The van der Waals surface area contributed by atoms with E-state index < -0.39 is 5.97 Å². The molecule has 1 aliphatic heterocycles. The van der Waals surface area contributed by atoms with Crippen molar-refractivity contribution in [1.82, 2.24) is 5.43 Å². The van der Waals surface area contributed by atoms with Crippen molar-refractivity contribution in [1.29, 1.82) is 0 Å². The second-order valence-corrected chi connectivity index (χ2v) is 2.76. The number of carbonyl (C=O) groups excluding carboxylic acids is 2. The summed E-state index contributed by atoms with van der Waals surface area (Å²) in [7, 11) is 0. The van der Waals surface area contributed by atoms with Crippen molar-refractivity contribution in [3.8, 4) is 0 Å². The third-order valence-electron chi connectivity index (χ3n) is 1.86. The van der Waals surface area contributed by atoms with Crippen molar-refractivity contribution in [2.45, 2.75) is 19.8 Å². The Morgan fingerprint density at radius 3 is 2.83 bits per heavy atom. The summed E-state index contributed by atoms with van der Waals surface area (Å²) in [5, 5.41) is 12.7. The first-order valence-corrected chi connectivity index (χ1v) is 3.70. The summed E-state index contributed by atoms with van der Waals surface area (Å²) < 4.78 is 0. The van der Waals surface area contributed by atoms with Gasteiger partial charge < -0.3 is 9.90 Å². The van der Waals surface area contributed by atoms with E-state index in [0.29, 0.717) is 6.42 Å². The Labute approximate surface area is 69.5 Å². The van der Waals surface area contributed by atoms with Crippen LogP contribution in [0.25, 0.3) is 0 Å². The molecule has 2 N–H and O–H groups in total. The molecule has 1 rings (SSSR count). The number of rotatable bonds is 3. The van der Waals surface area contributed by atoms with Gasteiger partial charge in [0, 0.05) is 12.9 Å². The van der Waals surface area contributed by atoms with Crippen LogP contribution in [0, 0.1) is 5.92 Å². The standard InChI is InChI=1S/C7H10N2O3/c1-4-5(2-3-6(10)11)7(12)9-8-4/h5H,2-3H2,1H3,(H,9,12)(H,10,11). The summed E-state index contributed by atoms with van der Waals surface area (Å²) in [4.78, 5) is 21.1. The Hall–Kier alpha value is -1.39. The number of hydrogen-bond donors (Lipinski definition) is 2. The molecule has 0 spiro atoms. The quantitative estimate of drug-likeness (QED) is 0.466. The van der Waals surface area contributed by atoms with Crippen LogP contribution in [0.4, 0.5) is 0 Å². The van der Waals surface area contributed by atoms with Gasteiger partial charge in [-0.15, -0.1) is 10.5 Å². The van der Waals surface area contributed by atoms with E-state index in [1.807, 2.05) is 0 Å². The number of nitrogens with one attached hydrogen (secondary N) is 2. The highest BCUT2D eigenvalue weighted by atomic mass is 16.4. The first-order chi connectivity index (χ1) is 5.61. The molecular formula is C7H10N2O3. The highest BCUT2D eigenvalue weighted by Gasteiger charge is 2.31. The number of carboxylic acid groups (broad SMARTS) is 1.